The Morgan fingerprint density at radius 2 is 1.85 bits per heavy atom. The number of aliphatic hydroxyl groups excluding tert-OH is 1. The summed E-state index contributed by atoms with van der Waals surface area (Å²) in [7, 11) is 1.57. The molecule has 3 rings (SSSR count). The van der Waals surface area contributed by atoms with Gasteiger partial charge in [0, 0.05) is 11.6 Å². The summed E-state index contributed by atoms with van der Waals surface area (Å²) >= 11 is 0. The predicted octanol–water partition coefficient (Wildman–Crippen LogP) is 2.87. The van der Waals surface area contributed by atoms with Crippen molar-refractivity contribution in [3.63, 3.8) is 0 Å². The lowest BCUT2D eigenvalue weighted by Gasteiger charge is -2.36. The topological polar surface area (TPSA) is 105 Å². The largest absolute Gasteiger partial charge is 0.497 e. The van der Waals surface area contributed by atoms with Gasteiger partial charge in [0.15, 0.2) is 0 Å². The number of ether oxygens (including phenoxy) is 2. The monoisotopic (exact) mass is 472 g/mol. The Balaban J connectivity index is 2.01. The number of allylic oxidation sites excluding steroid dienone is 1. The number of hydrogen-bond acceptors (Lipinski definition) is 6. The summed E-state index contributed by atoms with van der Waals surface area (Å²) in [5.41, 5.74) is 0.570. The van der Waals surface area contributed by atoms with E-state index in [1.165, 1.54) is 4.90 Å². The number of benzene rings is 1. The Labute approximate surface area is 201 Å². The van der Waals surface area contributed by atoms with E-state index in [0.29, 0.717) is 11.4 Å². The van der Waals surface area contributed by atoms with Crippen LogP contribution in [0.1, 0.15) is 34.1 Å². The lowest BCUT2D eigenvalue weighted by molar-refractivity contribution is -0.156. The van der Waals surface area contributed by atoms with E-state index in [4.69, 9.17) is 9.47 Å². The summed E-state index contributed by atoms with van der Waals surface area (Å²) in [4.78, 5) is 41.9. The molecular weight excluding hydrogens is 436 g/mol. The average molecular weight is 473 g/mol. The van der Waals surface area contributed by atoms with Crippen LogP contribution in [-0.2, 0) is 19.1 Å². The van der Waals surface area contributed by atoms with Crippen LogP contribution in [0.25, 0.3) is 0 Å². The van der Waals surface area contributed by atoms with E-state index in [1.54, 1.807) is 38.3 Å². The first-order chi connectivity index (χ1) is 16.3. The quantitative estimate of drug-likeness (QED) is 0.423. The first kappa shape index (κ1) is 25.7. The number of aliphatic hydroxyl groups is 1. The second-order valence-electron chi connectivity index (χ2n) is 9.17. The third-order valence-electron chi connectivity index (χ3n) is 7.24. The van der Waals surface area contributed by atoms with E-state index in [0.717, 1.165) is 6.42 Å². The number of rotatable bonds is 9. The summed E-state index contributed by atoms with van der Waals surface area (Å²) in [6, 6.07) is 5.55. The number of hydrogen-bond donors (Lipinski definition) is 2. The molecule has 186 valence electrons. The van der Waals surface area contributed by atoms with Crippen molar-refractivity contribution in [2.75, 3.05) is 25.6 Å². The van der Waals surface area contributed by atoms with Crippen LogP contribution in [0.4, 0.5) is 5.69 Å². The molecule has 1 heterocycles. The van der Waals surface area contributed by atoms with E-state index in [1.807, 2.05) is 32.9 Å². The maximum Gasteiger partial charge on any atom is 0.310 e. The number of likely N-dealkylation sites (tertiary alicyclic amines) is 1. The summed E-state index contributed by atoms with van der Waals surface area (Å²) < 4.78 is 10.5. The zero-order chi connectivity index (χ0) is 25.0. The lowest BCUT2D eigenvalue weighted by atomic mass is 9.70. The molecule has 8 heteroatoms. The second kappa shape index (κ2) is 11.0. The first-order valence-corrected chi connectivity index (χ1v) is 12.0. The van der Waals surface area contributed by atoms with Crippen LogP contribution in [-0.4, -0.2) is 60.2 Å². The molecule has 2 aliphatic rings. The van der Waals surface area contributed by atoms with Gasteiger partial charge in [0.2, 0.25) is 11.8 Å². The number of methoxy groups -OCH3 is 1. The number of fused-ring (bicyclic) bond motifs is 1. The van der Waals surface area contributed by atoms with Crippen molar-refractivity contribution in [1.29, 1.82) is 0 Å². The smallest absolute Gasteiger partial charge is 0.310 e. The molecule has 1 aliphatic heterocycles. The molecule has 8 nitrogen and oxygen atoms in total. The number of esters is 1. The van der Waals surface area contributed by atoms with Crippen molar-refractivity contribution in [2.45, 2.75) is 46.2 Å². The maximum absolute atomic E-state index is 13.9. The van der Waals surface area contributed by atoms with Crippen LogP contribution in [0, 0.1) is 29.6 Å². The first-order valence-electron chi connectivity index (χ1n) is 12.0. The molecule has 34 heavy (non-hydrogen) atoms. The third-order valence-corrected chi connectivity index (χ3v) is 7.24. The van der Waals surface area contributed by atoms with E-state index in [-0.39, 0.29) is 36.9 Å². The molecule has 2 amide bonds. The highest BCUT2D eigenvalue weighted by Gasteiger charge is 2.58. The molecule has 0 radical (unpaired) electrons. The van der Waals surface area contributed by atoms with Crippen molar-refractivity contribution >= 4 is 23.5 Å². The normalized spacial score (nSPS) is 27.6. The maximum atomic E-state index is 13.9. The minimum atomic E-state index is -0.855. The fourth-order valence-corrected chi connectivity index (χ4v) is 5.20. The molecule has 0 aromatic heterocycles. The van der Waals surface area contributed by atoms with Crippen LogP contribution < -0.4 is 10.1 Å². The minimum Gasteiger partial charge on any atom is -0.497 e. The van der Waals surface area contributed by atoms with Crippen molar-refractivity contribution in [3.8, 4) is 5.75 Å². The summed E-state index contributed by atoms with van der Waals surface area (Å²) in [6.07, 6.45) is 4.50. The molecule has 1 aromatic carbocycles. The molecule has 1 fully saturated rings. The molecule has 2 N–H and O–H groups in total. The van der Waals surface area contributed by atoms with Crippen molar-refractivity contribution in [3.05, 3.63) is 36.4 Å². The van der Waals surface area contributed by atoms with Gasteiger partial charge in [0.1, 0.15) is 11.8 Å². The zero-order valence-corrected chi connectivity index (χ0v) is 20.6. The molecule has 0 spiro atoms. The fraction of sp³-hybridized carbons (Fsp3) is 0.577. The predicted molar refractivity (Wildman–Crippen MR) is 128 cm³/mol. The van der Waals surface area contributed by atoms with E-state index >= 15 is 0 Å². The van der Waals surface area contributed by atoms with Crippen LogP contribution in [0.2, 0.25) is 0 Å². The zero-order valence-electron chi connectivity index (χ0n) is 20.6. The van der Waals surface area contributed by atoms with Gasteiger partial charge in [-0.1, -0.05) is 39.3 Å². The minimum absolute atomic E-state index is 0.0344. The number of nitrogens with zero attached hydrogens (tertiary/aromatic N) is 1. The Kier molecular flexibility index (Phi) is 8.36. The van der Waals surface area contributed by atoms with Crippen LogP contribution >= 0.6 is 0 Å². The van der Waals surface area contributed by atoms with Crippen LogP contribution in [0.15, 0.2) is 36.4 Å². The number of anilines is 1. The van der Waals surface area contributed by atoms with Gasteiger partial charge in [-0.05, 0) is 43.0 Å². The Morgan fingerprint density at radius 3 is 2.41 bits per heavy atom. The van der Waals surface area contributed by atoms with Gasteiger partial charge in [0.05, 0.1) is 38.2 Å². The number of nitrogens with one attached hydrogen (secondary N) is 1. The average Bonchev–Trinajstić information content (AvgIpc) is 3.12. The fourth-order valence-electron chi connectivity index (χ4n) is 5.20. The Hall–Kier alpha value is -2.87. The molecule has 1 aromatic rings. The lowest BCUT2D eigenvalue weighted by Crippen LogP contribution is -2.52. The second-order valence-corrected chi connectivity index (χ2v) is 9.17. The molecule has 0 bridgehead atoms. The Bertz CT molecular complexity index is 914. The van der Waals surface area contributed by atoms with Crippen LogP contribution in [0.3, 0.4) is 0 Å². The molecule has 0 saturated carbocycles. The Morgan fingerprint density at radius 1 is 1.18 bits per heavy atom. The number of amides is 2. The highest BCUT2D eigenvalue weighted by molar-refractivity contribution is 6.01. The van der Waals surface area contributed by atoms with Gasteiger partial charge in [-0.15, -0.1) is 0 Å². The summed E-state index contributed by atoms with van der Waals surface area (Å²) in [5.74, 6) is -2.54. The van der Waals surface area contributed by atoms with E-state index < -0.39 is 35.8 Å². The summed E-state index contributed by atoms with van der Waals surface area (Å²) in [6.45, 7) is 7.50. The van der Waals surface area contributed by atoms with Crippen LogP contribution in [0.5, 0.6) is 5.75 Å². The summed E-state index contributed by atoms with van der Waals surface area (Å²) in [5, 5.41) is 13.2. The molecule has 1 saturated heterocycles. The molecular formula is C26H36N2O6. The van der Waals surface area contributed by atoms with Crippen molar-refractivity contribution < 1.29 is 29.0 Å². The van der Waals surface area contributed by atoms with Gasteiger partial charge in [-0.2, -0.15) is 0 Å². The van der Waals surface area contributed by atoms with E-state index in [9.17, 15) is 19.5 Å². The highest BCUT2D eigenvalue weighted by Crippen LogP contribution is 2.46. The van der Waals surface area contributed by atoms with Gasteiger partial charge < -0.3 is 24.8 Å². The highest BCUT2D eigenvalue weighted by atomic mass is 16.5. The van der Waals surface area contributed by atoms with Gasteiger partial charge >= 0.3 is 5.97 Å². The van der Waals surface area contributed by atoms with Gasteiger partial charge in [-0.25, -0.2) is 0 Å². The van der Waals surface area contributed by atoms with Gasteiger partial charge in [0.25, 0.3) is 0 Å². The number of carbonyl (C=O) groups excluding carboxylic acids is 3. The SMILES string of the molecule is CCOC(=O)[C@H]1[C@H]2C(=O)N([C@@H](CO)[C@@H](C)CC)[C@H](C(=O)Nc3ccc(OC)cc3)[C@H]2C=C[C@H]1C. The molecule has 7 atom stereocenters. The van der Waals surface area contributed by atoms with Gasteiger partial charge in [-0.3, -0.25) is 14.4 Å². The van der Waals surface area contributed by atoms with E-state index in [2.05, 4.69) is 5.32 Å². The van der Waals surface area contributed by atoms with Crippen molar-refractivity contribution in [1.82, 2.24) is 4.90 Å². The number of carbonyl (C=O) groups is 3. The molecule has 1 aliphatic carbocycles. The molecule has 0 unspecified atom stereocenters. The third kappa shape index (κ3) is 4.82. The standard InChI is InChI=1S/C26H36N2O6/c1-6-15(3)20(14-29)28-23(24(30)27-17-9-11-18(33-5)12-10-17)19-13-8-16(4)21(22(19)25(28)31)26(32)34-7-2/h8-13,15-16,19-23,29H,6-7,14H2,1-5H3,(H,27,30)/t15-,16+,19-,20-,21+,22-,23-/m0/s1. The van der Waals surface area contributed by atoms with Crippen molar-refractivity contribution in [2.24, 2.45) is 29.6 Å².